The standard InChI is InChI=1S/C24H32ClN5O5S/c1-24(2,3)20(29-21(31)15-7-8-18(27)17(25)14-15)23(33)30-12-5-6-19(30)22(32)28-16(9-11-26)10-13-36(4,34)35/h7-8,10,13-14,16,19-20H,5-6,9,12,27H2,1-4H3,(H,28,32)(H,29,31)/b13-10+/t16-,19+,20-/m0/s1. The van der Waals surface area contributed by atoms with Crippen molar-refractivity contribution in [1.29, 1.82) is 5.26 Å². The number of nitrogen functional groups attached to an aromatic ring is 1. The molecule has 1 heterocycles. The second kappa shape index (κ2) is 11.8. The minimum absolute atomic E-state index is 0.136. The van der Waals surface area contributed by atoms with Crippen molar-refractivity contribution in [2.75, 3.05) is 18.5 Å². The first-order chi connectivity index (χ1) is 16.6. The second-order valence-corrected chi connectivity index (χ2v) is 12.2. The summed E-state index contributed by atoms with van der Waals surface area (Å²) in [6, 6.07) is 3.74. The van der Waals surface area contributed by atoms with Crippen LogP contribution in [0.4, 0.5) is 5.69 Å². The van der Waals surface area contributed by atoms with Crippen molar-refractivity contribution in [3.63, 3.8) is 0 Å². The van der Waals surface area contributed by atoms with E-state index in [1.54, 1.807) is 20.8 Å². The van der Waals surface area contributed by atoms with E-state index in [1.807, 2.05) is 6.07 Å². The molecule has 1 fully saturated rings. The van der Waals surface area contributed by atoms with Gasteiger partial charge in [-0.3, -0.25) is 14.4 Å². The molecule has 1 aliphatic rings. The van der Waals surface area contributed by atoms with Gasteiger partial charge in [-0.25, -0.2) is 8.42 Å². The molecule has 1 saturated heterocycles. The number of carbonyl (C=O) groups excluding carboxylic acids is 3. The fourth-order valence-electron chi connectivity index (χ4n) is 3.78. The highest BCUT2D eigenvalue weighted by atomic mass is 35.5. The van der Waals surface area contributed by atoms with E-state index in [1.165, 1.54) is 29.2 Å². The molecule has 0 unspecified atom stereocenters. The third-order valence-corrected chi connectivity index (χ3v) is 6.67. The molecule has 0 aromatic heterocycles. The molecule has 12 heteroatoms. The van der Waals surface area contributed by atoms with E-state index in [9.17, 15) is 22.8 Å². The van der Waals surface area contributed by atoms with Crippen molar-refractivity contribution in [1.82, 2.24) is 15.5 Å². The number of hydrogen-bond acceptors (Lipinski definition) is 7. The van der Waals surface area contributed by atoms with Crippen LogP contribution in [-0.2, 0) is 19.4 Å². The van der Waals surface area contributed by atoms with Gasteiger partial charge in [0.25, 0.3) is 5.91 Å². The highest BCUT2D eigenvalue weighted by Gasteiger charge is 2.42. The van der Waals surface area contributed by atoms with Crippen LogP contribution in [0.5, 0.6) is 0 Å². The number of anilines is 1. The molecule has 1 aromatic carbocycles. The highest BCUT2D eigenvalue weighted by molar-refractivity contribution is 7.93. The SMILES string of the molecule is CC(C)(C)[C@@H](NC(=O)c1ccc(N)c(Cl)c1)C(=O)N1CCC[C@@H]1C(=O)N[C@H](/C=C/S(C)(=O)=O)CC#N. The number of halogens is 1. The zero-order valence-electron chi connectivity index (χ0n) is 20.7. The van der Waals surface area contributed by atoms with E-state index in [0.29, 0.717) is 25.1 Å². The summed E-state index contributed by atoms with van der Waals surface area (Å²) in [4.78, 5) is 41.0. The average molecular weight is 538 g/mol. The fraction of sp³-hybridized carbons (Fsp3) is 0.500. The molecule has 2 rings (SSSR count). The quantitative estimate of drug-likeness (QED) is 0.427. The minimum Gasteiger partial charge on any atom is -0.398 e. The molecule has 0 spiro atoms. The van der Waals surface area contributed by atoms with Crippen molar-refractivity contribution in [2.24, 2.45) is 5.41 Å². The van der Waals surface area contributed by atoms with Gasteiger partial charge in [0.2, 0.25) is 11.8 Å². The van der Waals surface area contributed by atoms with E-state index in [2.05, 4.69) is 10.6 Å². The zero-order valence-corrected chi connectivity index (χ0v) is 22.3. The lowest BCUT2D eigenvalue weighted by atomic mass is 9.85. The Balaban J connectivity index is 2.23. The van der Waals surface area contributed by atoms with Crippen LogP contribution in [-0.4, -0.2) is 62.0 Å². The van der Waals surface area contributed by atoms with E-state index < -0.39 is 51.1 Å². The van der Waals surface area contributed by atoms with Gasteiger partial charge in [-0.05, 0) is 42.5 Å². The summed E-state index contributed by atoms with van der Waals surface area (Å²) in [5, 5.41) is 15.6. The number of nitrogens with zero attached hydrogens (tertiary/aromatic N) is 2. The lowest BCUT2D eigenvalue weighted by molar-refractivity contribution is -0.142. The van der Waals surface area contributed by atoms with Crippen LogP contribution in [0.15, 0.2) is 29.7 Å². The zero-order chi connectivity index (χ0) is 27.3. The number of benzene rings is 1. The largest absolute Gasteiger partial charge is 0.398 e. The maximum absolute atomic E-state index is 13.6. The van der Waals surface area contributed by atoms with E-state index in [-0.39, 0.29) is 17.0 Å². The molecule has 0 aliphatic carbocycles. The van der Waals surface area contributed by atoms with Crippen LogP contribution in [0.3, 0.4) is 0 Å². The molecule has 4 N–H and O–H groups in total. The fourth-order valence-corrected chi connectivity index (χ4v) is 4.44. The first kappa shape index (κ1) is 29.1. The minimum atomic E-state index is -3.44. The second-order valence-electron chi connectivity index (χ2n) is 9.83. The van der Waals surface area contributed by atoms with Crippen molar-refractivity contribution in [2.45, 2.75) is 58.2 Å². The van der Waals surface area contributed by atoms with Crippen molar-refractivity contribution in [3.8, 4) is 6.07 Å². The monoisotopic (exact) mass is 537 g/mol. The van der Waals surface area contributed by atoms with Gasteiger partial charge < -0.3 is 21.3 Å². The molecule has 36 heavy (non-hydrogen) atoms. The van der Waals surface area contributed by atoms with Crippen molar-refractivity contribution in [3.05, 3.63) is 40.3 Å². The van der Waals surface area contributed by atoms with E-state index in [4.69, 9.17) is 22.6 Å². The summed E-state index contributed by atoms with van der Waals surface area (Å²) in [6.07, 6.45) is 3.08. The maximum Gasteiger partial charge on any atom is 0.252 e. The van der Waals surface area contributed by atoms with Crippen molar-refractivity contribution < 1.29 is 22.8 Å². The van der Waals surface area contributed by atoms with Crippen LogP contribution < -0.4 is 16.4 Å². The van der Waals surface area contributed by atoms with Crippen LogP contribution in [0.2, 0.25) is 5.02 Å². The number of hydrogen-bond donors (Lipinski definition) is 3. The van der Waals surface area contributed by atoms with Gasteiger partial charge in [0.1, 0.15) is 12.1 Å². The number of carbonyl (C=O) groups is 3. The summed E-state index contributed by atoms with van der Waals surface area (Å²) >= 11 is 6.03. The van der Waals surface area contributed by atoms with E-state index >= 15 is 0 Å². The summed E-state index contributed by atoms with van der Waals surface area (Å²) in [5.41, 5.74) is 5.59. The predicted molar refractivity (Wildman–Crippen MR) is 137 cm³/mol. The molecule has 3 atom stereocenters. The molecule has 10 nitrogen and oxygen atoms in total. The van der Waals surface area contributed by atoms with E-state index in [0.717, 1.165) is 11.7 Å². The summed E-state index contributed by atoms with van der Waals surface area (Å²) in [6.45, 7) is 5.72. The van der Waals surface area contributed by atoms with Gasteiger partial charge in [0, 0.05) is 23.8 Å². The number of likely N-dealkylation sites (tertiary alicyclic amines) is 1. The van der Waals surface area contributed by atoms with Crippen LogP contribution in [0.25, 0.3) is 0 Å². The number of nitriles is 1. The molecule has 1 aliphatic heterocycles. The smallest absolute Gasteiger partial charge is 0.252 e. The predicted octanol–water partition coefficient (Wildman–Crippen LogP) is 2.01. The van der Waals surface area contributed by atoms with Gasteiger partial charge in [0.05, 0.1) is 29.2 Å². The van der Waals surface area contributed by atoms with Crippen LogP contribution >= 0.6 is 11.6 Å². The first-order valence-corrected chi connectivity index (χ1v) is 13.7. The maximum atomic E-state index is 13.6. The van der Waals surface area contributed by atoms with Crippen LogP contribution in [0, 0.1) is 16.7 Å². The molecule has 3 amide bonds. The Hall–Kier alpha value is -3.10. The lowest BCUT2D eigenvalue weighted by Crippen LogP contribution is -2.58. The summed E-state index contributed by atoms with van der Waals surface area (Å²) < 4.78 is 22.9. The Morgan fingerprint density at radius 3 is 2.53 bits per heavy atom. The molecule has 0 radical (unpaired) electrons. The Bertz CT molecular complexity index is 1190. The average Bonchev–Trinajstić information content (AvgIpc) is 3.26. The third kappa shape index (κ3) is 7.96. The van der Waals surface area contributed by atoms with Crippen LogP contribution in [0.1, 0.15) is 50.4 Å². The number of nitrogens with two attached hydrogens (primary N) is 1. The molecular formula is C24H32ClN5O5S. The Labute approximate surface area is 216 Å². The summed E-state index contributed by atoms with van der Waals surface area (Å²) in [7, 11) is -3.44. The normalized spacial score (nSPS) is 17.9. The lowest BCUT2D eigenvalue weighted by Gasteiger charge is -2.35. The summed E-state index contributed by atoms with van der Waals surface area (Å²) in [5.74, 6) is -1.42. The number of rotatable bonds is 8. The van der Waals surface area contributed by atoms with Gasteiger partial charge in [-0.1, -0.05) is 32.4 Å². The number of sulfone groups is 1. The Morgan fingerprint density at radius 1 is 1.31 bits per heavy atom. The van der Waals surface area contributed by atoms with Gasteiger partial charge in [0.15, 0.2) is 9.84 Å². The molecular weight excluding hydrogens is 506 g/mol. The molecule has 196 valence electrons. The Kier molecular flexibility index (Phi) is 9.51. The number of amides is 3. The van der Waals surface area contributed by atoms with Gasteiger partial charge >= 0.3 is 0 Å². The molecule has 1 aromatic rings. The van der Waals surface area contributed by atoms with Gasteiger partial charge in [-0.2, -0.15) is 5.26 Å². The number of nitrogens with one attached hydrogen (secondary N) is 2. The molecule has 0 bridgehead atoms. The Morgan fingerprint density at radius 2 is 1.97 bits per heavy atom. The molecule has 0 saturated carbocycles. The topological polar surface area (TPSA) is 162 Å². The first-order valence-electron chi connectivity index (χ1n) is 11.4. The third-order valence-electron chi connectivity index (χ3n) is 5.69. The highest BCUT2D eigenvalue weighted by Crippen LogP contribution is 2.27. The van der Waals surface area contributed by atoms with Crippen molar-refractivity contribution >= 4 is 44.8 Å². The van der Waals surface area contributed by atoms with Gasteiger partial charge in [-0.15, -0.1) is 0 Å².